The lowest BCUT2D eigenvalue weighted by molar-refractivity contribution is -0.131. The number of hydrogen-bond donors (Lipinski definition) is 1. The van der Waals surface area contributed by atoms with Crippen molar-refractivity contribution in [1.29, 1.82) is 0 Å². The molecule has 0 radical (unpaired) electrons. The molecule has 4 rings (SSSR count). The first-order valence-electron chi connectivity index (χ1n) is 10.7. The summed E-state index contributed by atoms with van der Waals surface area (Å²) in [5.74, 6) is 1.07. The fourth-order valence-electron chi connectivity index (χ4n) is 4.38. The molecule has 1 saturated heterocycles. The normalized spacial score (nSPS) is 18.4. The van der Waals surface area contributed by atoms with Gasteiger partial charge in [0, 0.05) is 37.7 Å². The number of aromatic nitrogens is 1. The lowest BCUT2D eigenvalue weighted by Crippen LogP contribution is -2.50. The van der Waals surface area contributed by atoms with Crippen LogP contribution in [-0.2, 0) is 10.4 Å². The molecular weight excluding hydrogens is 376 g/mol. The van der Waals surface area contributed by atoms with E-state index in [4.69, 9.17) is 4.74 Å². The Balaban J connectivity index is 1.55. The number of benzene rings is 1. The topological polar surface area (TPSA) is 54.7 Å². The molecule has 3 heterocycles. The predicted molar refractivity (Wildman–Crippen MR) is 118 cm³/mol. The highest BCUT2D eigenvalue weighted by molar-refractivity contribution is 5.93. The summed E-state index contributed by atoms with van der Waals surface area (Å²) in [6.07, 6.45) is 5.91. The fourth-order valence-corrected chi connectivity index (χ4v) is 4.38. The largest absolute Gasteiger partial charge is 0.508 e. The average molecular weight is 407 g/mol. The van der Waals surface area contributed by atoms with E-state index in [9.17, 15) is 9.90 Å². The van der Waals surface area contributed by atoms with Gasteiger partial charge >= 0.3 is 0 Å². The van der Waals surface area contributed by atoms with Crippen molar-refractivity contribution in [2.75, 3.05) is 13.1 Å². The van der Waals surface area contributed by atoms with Gasteiger partial charge in [-0.25, -0.2) is 0 Å². The lowest BCUT2D eigenvalue weighted by atomic mass is 9.86. The number of nitrogens with zero attached hydrogens (tertiary/aromatic N) is 2. The van der Waals surface area contributed by atoms with E-state index in [0.29, 0.717) is 18.7 Å². The molecule has 2 aliphatic rings. The number of carbonyl (C=O) groups excluding carboxylic acids is 1. The van der Waals surface area contributed by atoms with Crippen molar-refractivity contribution >= 4 is 5.91 Å². The van der Waals surface area contributed by atoms with Crippen molar-refractivity contribution in [3.05, 3.63) is 70.8 Å². The first kappa shape index (κ1) is 20.3. The maximum atomic E-state index is 12.9. The van der Waals surface area contributed by atoms with Crippen LogP contribution in [0.15, 0.2) is 59.5 Å². The van der Waals surface area contributed by atoms with Gasteiger partial charge in [-0.2, -0.15) is 0 Å². The number of piperidine rings is 1. The van der Waals surface area contributed by atoms with Crippen LogP contribution in [0.3, 0.4) is 0 Å². The van der Waals surface area contributed by atoms with E-state index in [1.165, 1.54) is 5.56 Å². The Bertz CT molecular complexity index is 1040. The monoisotopic (exact) mass is 406 g/mol. The third kappa shape index (κ3) is 3.42. The molecule has 0 bridgehead atoms. The molecule has 1 spiro atoms. The van der Waals surface area contributed by atoms with E-state index in [-0.39, 0.29) is 11.7 Å². The molecule has 5 heteroatoms. The van der Waals surface area contributed by atoms with E-state index < -0.39 is 5.60 Å². The molecule has 1 N–H and O–H groups in total. The van der Waals surface area contributed by atoms with Crippen molar-refractivity contribution in [2.45, 2.75) is 52.6 Å². The van der Waals surface area contributed by atoms with Crippen molar-refractivity contribution in [3.63, 3.8) is 0 Å². The van der Waals surface area contributed by atoms with Gasteiger partial charge in [0.1, 0.15) is 11.5 Å². The predicted octanol–water partition coefficient (Wildman–Crippen LogP) is 5.18. The van der Waals surface area contributed by atoms with E-state index in [0.717, 1.165) is 42.0 Å². The summed E-state index contributed by atoms with van der Waals surface area (Å²) in [4.78, 5) is 14.8. The van der Waals surface area contributed by atoms with Gasteiger partial charge in [0.05, 0.1) is 11.4 Å². The highest BCUT2D eigenvalue weighted by Gasteiger charge is 2.44. The molecule has 0 atom stereocenters. The molecule has 1 fully saturated rings. The van der Waals surface area contributed by atoms with E-state index in [1.54, 1.807) is 13.0 Å². The highest BCUT2D eigenvalue weighted by Crippen LogP contribution is 2.45. The van der Waals surface area contributed by atoms with Crippen molar-refractivity contribution < 1.29 is 14.6 Å². The third-order valence-corrected chi connectivity index (χ3v) is 6.41. The number of ether oxygens (including phenoxy) is 1. The maximum absolute atomic E-state index is 12.9. The van der Waals surface area contributed by atoms with Crippen LogP contribution in [-0.4, -0.2) is 33.6 Å². The summed E-state index contributed by atoms with van der Waals surface area (Å²) in [6, 6.07) is 10.5. The van der Waals surface area contributed by atoms with Crippen molar-refractivity contribution in [1.82, 2.24) is 9.47 Å². The Hall–Kier alpha value is -2.95. The number of carbonyl (C=O) groups is 1. The number of aliphatic hydroxyl groups excluding tert-OH is 1. The van der Waals surface area contributed by atoms with Crippen LogP contribution in [0.2, 0.25) is 0 Å². The zero-order valence-corrected chi connectivity index (χ0v) is 18.2. The minimum absolute atomic E-state index is 0.0252. The van der Waals surface area contributed by atoms with Crippen LogP contribution in [0.4, 0.5) is 0 Å². The SMILES string of the molecule is CC/C(C)=C(O)/C=C(\C)C(=O)N1CCC2(CC1)Oc1cc(C)ccc1-n1cccc12. The fraction of sp³-hybridized carbons (Fsp3) is 0.400. The van der Waals surface area contributed by atoms with Crippen LogP contribution >= 0.6 is 0 Å². The molecule has 1 amide bonds. The Morgan fingerprint density at radius 2 is 1.97 bits per heavy atom. The number of allylic oxidation sites excluding steroid dienone is 2. The van der Waals surface area contributed by atoms with Gasteiger partial charge in [0.2, 0.25) is 5.91 Å². The van der Waals surface area contributed by atoms with Crippen molar-refractivity contribution in [2.24, 2.45) is 0 Å². The summed E-state index contributed by atoms with van der Waals surface area (Å²) in [7, 11) is 0. The Morgan fingerprint density at radius 3 is 2.67 bits per heavy atom. The molecule has 1 aromatic heterocycles. The second-order valence-electron chi connectivity index (χ2n) is 8.47. The summed E-state index contributed by atoms with van der Waals surface area (Å²) in [6.45, 7) is 8.94. The highest BCUT2D eigenvalue weighted by atomic mass is 16.5. The second kappa shape index (κ2) is 7.71. The number of aliphatic hydroxyl groups is 1. The van der Waals surface area contributed by atoms with E-state index in [2.05, 4.69) is 48.0 Å². The quantitative estimate of drug-likeness (QED) is 0.434. The van der Waals surface area contributed by atoms with Crippen LogP contribution in [0.25, 0.3) is 5.69 Å². The molecule has 2 aromatic rings. The van der Waals surface area contributed by atoms with Crippen LogP contribution in [0.5, 0.6) is 5.75 Å². The van der Waals surface area contributed by atoms with Crippen molar-refractivity contribution in [3.8, 4) is 11.4 Å². The number of aryl methyl sites for hydroxylation is 1. The van der Waals surface area contributed by atoms with Crippen LogP contribution in [0.1, 0.15) is 51.3 Å². The lowest BCUT2D eigenvalue weighted by Gasteiger charge is -2.45. The van der Waals surface area contributed by atoms with Crippen LogP contribution in [0, 0.1) is 6.92 Å². The minimum atomic E-state index is -0.417. The zero-order chi connectivity index (χ0) is 21.5. The molecule has 1 aromatic carbocycles. The number of rotatable bonds is 3. The standard InChI is InChI=1S/C25H30N2O3/c1-5-18(3)21(28)16-19(4)24(29)26-13-10-25(11-14-26)23-7-6-12-27(23)20-9-8-17(2)15-22(20)30-25/h6-9,12,15-16,28H,5,10-11,13-14H2,1-4H3/b19-16+,21-18-. The molecule has 2 aliphatic heterocycles. The molecular formula is C25H30N2O3. The van der Waals surface area contributed by atoms with E-state index >= 15 is 0 Å². The first-order valence-corrected chi connectivity index (χ1v) is 10.7. The number of amides is 1. The smallest absolute Gasteiger partial charge is 0.249 e. The molecule has 5 nitrogen and oxygen atoms in total. The summed E-state index contributed by atoms with van der Waals surface area (Å²) in [5.41, 5.74) is 4.41. The molecule has 0 aliphatic carbocycles. The Labute approximate surface area is 178 Å². The second-order valence-corrected chi connectivity index (χ2v) is 8.47. The molecule has 158 valence electrons. The van der Waals surface area contributed by atoms with Gasteiger partial charge in [-0.05, 0) is 68.7 Å². The average Bonchev–Trinajstić information content (AvgIpc) is 3.24. The van der Waals surface area contributed by atoms with Gasteiger partial charge in [-0.3, -0.25) is 4.79 Å². The number of hydrogen-bond acceptors (Lipinski definition) is 3. The van der Waals surface area contributed by atoms with Crippen LogP contribution < -0.4 is 4.74 Å². The Morgan fingerprint density at radius 1 is 1.23 bits per heavy atom. The van der Waals surface area contributed by atoms with Gasteiger partial charge < -0.3 is 19.3 Å². The minimum Gasteiger partial charge on any atom is -0.508 e. The molecule has 0 saturated carbocycles. The Kier molecular flexibility index (Phi) is 5.22. The first-order chi connectivity index (χ1) is 14.3. The third-order valence-electron chi connectivity index (χ3n) is 6.41. The van der Waals surface area contributed by atoms with Gasteiger partial charge in [-0.15, -0.1) is 0 Å². The molecule has 0 unspecified atom stereocenters. The van der Waals surface area contributed by atoms with Gasteiger partial charge in [-0.1, -0.05) is 13.0 Å². The van der Waals surface area contributed by atoms with E-state index in [1.807, 2.05) is 18.7 Å². The summed E-state index contributed by atoms with van der Waals surface area (Å²) >= 11 is 0. The van der Waals surface area contributed by atoms with Gasteiger partial charge in [0.15, 0.2) is 5.60 Å². The number of likely N-dealkylation sites (tertiary alicyclic amines) is 1. The number of fused-ring (bicyclic) bond motifs is 4. The maximum Gasteiger partial charge on any atom is 0.249 e. The zero-order valence-electron chi connectivity index (χ0n) is 18.2. The van der Waals surface area contributed by atoms with Gasteiger partial charge in [0.25, 0.3) is 0 Å². The summed E-state index contributed by atoms with van der Waals surface area (Å²) < 4.78 is 8.82. The molecule has 30 heavy (non-hydrogen) atoms. The summed E-state index contributed by atoms with van der Waals surface area (Å²) in [5, 5.41) is 10.1.